The molecule has 23 heavy (non-hydrogen) atoms. The van der Waals surface area contributed by atoms with Crippen molar-refractivity contribution in [3.8, 4) is 5.75 Å². The molecule has 0 spiro atoms. The molecule has 1 unspecified atom stereocenters. The molecule has 0 aliphatic heterocycles. The van der Waals surface area contributed by atoms with Crippen LogP contribution in [0.4, 0.5) is 10.5 Å². The Kier molecular flexibility index (Phi) is 6.00. The molecule has 5 nitrogen and oxygen atoms in total. The van der Waals surface area contributed by atoms with Crippen molar-refractivity contribution in [2.75, 3.05) is 19.0 Å². The Balaban J connectivity index is 2.04. The summed E-state index contributed by atoms with van der Waals surface area (Å²) in [6.45, 7) is 2.06. The van der Waals surface area contributed by atoms with Crippen LogP contribution in [-0.2, 0) is 6.61 Å². The second-order valence-corrected chi connectivity index (χ2v) is 5.33. The van der Waals surface area contributed by atoms with E-state index in [2.05, 4.69) is 5.32 Å². The first-order chi connectivity index (χ1) is 11.1. The van der Waals surface area contributed by atoms with E-state index < -0.39 is 0 Å². The summed E-state index contributed by atoms with van der Waals surface area (Å²) in [4.78, 5) is 13.7. The van der Waals surface area contributed by atoms with Gasteiger partial charge in [-0.1, -0.05) is 36.4 Å². The van der Waals surface area contributed by atoms with Crippen LogP contribution in [0.1, 0.15) is 12.5 Å². The van der Waals surface area contributed by atoms with Gasteiger partial charge < -0.3 is 20.1 Å². The summed E-state index contributed by atoms with van der Waals surface area (Å²) in [7, 11) is 1.65. The molecule has 0 radical (unpaired) electrons. The van der Waals surface area contributed by atoms with Crippen LogP contribution in [0.2, 0.25) is 0 Å². The van der Waals surface area contributed by atoms with Crippen molar-refractivity contribution in [1.29, 1.82) is 0 Å². The molecule has 5 heteroatoms. The minimum Gasteiger partial charge on any atom is -0.489 e. The number of rotatable bonds is 6. The summed E-state index contributed by atoms with van der Waals surface area (Å²) in [5.41, 5.74) is 1.58. The summed E-state index contributed by atoms with van der Waals surface area (Å²) >= 11 is 0. The van der Waals surface area contributed by atoms with Crippen LogP contribution in [-0.4, -0.2) is 35.7 Å². The molecule has 0 saturated heterocycles. The van der Waals surface area contributed by atoms with E-state index in [4.69, 9.17) is 9.84 Å². The molecule has 2 rings (SSSR count). The van der Waals surface area contributed by atoms with Gasteiger partial charge in [0.05, 0.1) is 12.6 Å². The lowest BCUT2D eigenvalue weighted by atomic mass is 10.2. The van der Waals surface area contributed by atoms with E-state index in [1.807, 2.05) is 54.6 Å². The van der Waals surface area contributed by atoms with Gasteiger partial charge in [-0.15, -0.1) is 0 Å². The van der Waals surface area contributed by atoms with E-state index in [9.17, 15) is 4.79 Å². The Bertz CT molecular complexity index is 631. The normalized spacial score (nSPS) is 11.6. The van der Waals surface area contributed by atoms with Gasteiger partial charge in [0.2, 0.25) is 0 Å². The smallest absolute Gasteiger partial charge is 0.321 e. The van der Waals surface area contributed by atoms with Crippen LogP contribution in [0.5, 0.6) is 5.75 Å². The largest absolute Gasteiger partial charge is 0.489 e. The number of ether oxygens (including phenoxy) is 1. The molecule has 0 fully saturated rings. The van der Waals surface area contributed by atoms with E-state index in [0.717, 1.165) is 11.3 Å². The van der Waals surface area contributed by atoms with E-state index in [0.29, 0.717) is 12.3 Å². The first kappa shape index (κ1) is 16.8. The molecule has 0 bridgehead atoms. The summed E-state index contributed by atoms with van der Waals surface area (Å²) in [6.07, 6.45) is 0. The van der Waals surface area contributed by atoms with Crippen LogP contribution >= 0.6 is 0 Å². The number of aliphatic hydroxyl groups excluding tert-OH is 1. The minimum atomic E-state index is -0.265. The highest BCUT2D eigenvalue weighted by Crippen LogP contribution is 2.19. The fourth-order valence-corrected chi connectivity index (χ4v) is 1.97. The van der Waals surface area contributed by atoms with Gasteiger partial charge >= 0.3 is 6.03 Å². The number of likely N-dealkylation sites (N-methyl/N-ethyl adjacent to an activating group) is 1. The number of amides is 2. The third kappa shape index (κ3) is 4.72. The van der Waals surface area contributed by atoms with Gasteiger partial charge in [0, 0.05) is 18.3 Å². The summed E-state index contributed by atoms with van der Waals surface area (Å²) in [5.74, 6) is 0.777. The molecule has 2 amide bonds. The molecule has 0 saturated carbocycles. The van der Waals surface area contributed by atoms with Gasteiger partial charge in [0.15, 0.2) is 0 Å². The summed E-state index contributed by atoms with van der Waals surface area (Å²) in [5, 5.41) is 12.0. The highest BCUT2D eigenvalue weighted by molar-refractivity contribution is 5.90. The van der Waals surface area contributed by atoms with Crippen molar-refractivity contribution < 1.29 is 14.6 Å². The van der Waals surface area contributed by atoms with Crippen molar-refractivity contribution in [1.82, 2.24) is 4.90 Å². The number of carbonyl (C=O) groups excluding carboxylic acids is 1. The van der Waals surface area contributed by atoms with E-state index in [1.165, 1.54) is 4.90 Å². The Labute approximate surface area is 136 Å². The molecular formula is C18H22N2O3. The molecule has 1 atom stereocenters. The van der Waals surface area contributed by atoms with E-state index in [-0.39, 0.29) is 18.7 Å². The average molecular weight is 314 g/mol. The lowest BCUT2D eigenvalue weighted by Gasteiger charge is -2.24. The molecule has 122 valence electrons. The number of nitrogens with zero attached hydrogens (tertiary/aromatic N) is 1. The third-order valence-electron chi connectivity index (χ3n) is 3.64. The summed E-state index contributed by atoms with van der Waals surface area (Å²) < 4.78 is 5.74. The number of benzene rings is 2. The molecule has 0 aliphatic rings. The lowest BCUT2D eigenvalue weighted by molar-refractivity contribution is 0.166. The molecule has 0 aromatic heterocycles. The molecule has 2 aromatic rings. The number of para-hydroxylation sites is 2. The van der Waals surface area contributed by atoms with Crippen LogP contribution in [0.25, 0.3) is 0 Å². The molecule has 0 aliphatic carbocycles. The van der Waals surface area contributed by atoms with Crippen LogP contribution in [0.15, 0.2) is 54.6 Å². The van der Waals surface area contributed by atoms with Crippen molar-refractivity contribution >= 4 is 11.7 Å². The number of hydrogen-bond donors (Lipinski definition) is 2. The maximum atomic E-state index is 12.2. The lowest BCUT2D eigenvalue weighted by Crippen LogP contribution is -2.40. The zero-order valence-electron chi connectivity index (χ0n) is 13.4. The number of carbonyl (C=O) groups is 1. The van der Waals surface area contributed by atoms with Gasteiger partial charge in [-0.2, -0.15) is 0 Å². The van der Waals surface area contributed by atoms with Gasteiger partial charge in [-0.05, 0) is 25.1 Å². The molecular weight excluding hydrogens is 292 g/mol. The highest BCUT2D eigenvalue weighted by Gasteiger charge is 2.16. The summed E-state index contributed by atoms with van der Waals surface area (Å²) in [6, 6.07) is 16.5. The predicted molar refractivity (Wildman–Crippen MR) is 90.5 cm³/mol. The third-order valence-corrected chi connectivity index (χ3v) is 3.64. The molecule has 0 heterocycles. The van der Waals surface area contributed by atoms with Crippen molar-refractivity contribution in [3.05, 3.63) is 60.2 Å². The quantitative estimate of drug-likeness (QED) is 0.861. The zero-order valence-corrected chi connectivity index (χ0v) is 13.4. The Morgan fingerprint density at radius 1 is 1.17 bits per heavy atom. The maximum absolute atomic E-state index is 12.2. The Morgan fingerprint density at radius 3 is 2.52 bits per heavy atom. The van der Waals surface area contributed by atoms with Gasteiger partial charge in [0.25, 0.3) is 0 Å². The highest BCUT2D eigenvalue weighted by atomic mass is 16.5. The van der Waals surface area contributed by atoms with Crippen molar-refractivity contribution in [2.24, 2.45) is 0 Å². The zero-order chi connectivity index (χ0) is 16.7. The number of nitrogens with one attached hydrogen (secondary N) is 1. The van der Waals surface area contributed by atoms with Crippen LogP contribution in [0.3, 0.4) is 0 Å². The standard InChI is InChI=1S/C18H22N2O3/c1-14(12-21)20(2)18(22)19-17-11-7-6-8-15(17)13-23-16-9-4-3-5-10-16/h3-11,14,21H,12-13H2,1-2H3,(H,19,22). The number of hydrogen-bond acceptors (Lipinski definition) is 3. The molecule has 2 aromatic carbocycles. The Morgan fingerprint density at radius 2 is 1.83 bits per heavy atom. The first-order valence-electron chi connectivity index (χ1n) is 7.52. The van der Waals surface area contributed by atoms with Crippen molar-refractivity contribution in [2.45, 2.75) is 19.6 Å². The fourth-order valence-electron chi connectivity index (χ4n) is 1.97. The predicted octanol–water partition coefficient (Wildman–Crippen LogP) is 3.11. The van der Waals surface area contributed by atoms with E-state index >= 15 is 0 Å². The van der Waals surface area contributed by atoms with Gasteiger partial charge in [0.1, 0.15) is 12.4 Å². The SMILES string of the molecule is CC(CO)N(C)C(=O)Nc1ccccc1COc1ccccc1. The second kappa shape index (κ2) is 8.19. The Hall–Kier alpha value is -2.53. The van der Waals surface area contributed by atoms with Crippen LogP contribution in [0, 0.1) is 0 Å². The maximum Gasteiger partial charge on any atom is 0.321 e. The topological polar surface area (TPSA) is 61.8 Å². The van der Waals surface area contributed by atoms with Gasteiger partial charge in [-0.3, -0.25) is 0 Å². The molecule has 2 N–H and O–H groups in total. The number of aliphatic hydroxyl groups is 1. The minimum absolute atomic E-state index is 0.0807. The van der Waals surface area contributed by atoms with Gasteiger partial charge in [-0.25, -0.2) is 4.79 Å². The van der Waals surface area contributed by atoms with E-state index in [1.54, 1.807) is 14.0 Å². The van der Waals surface area contributed by atoms with Crippen molar-refractivity contribution in [3.63, 3.8) is 0 Å². The fraction of sp³-hybridized carbons (Fsp3) is 0.278. The van der Waals surface area contributed by atoms with Crippen LogP contribution < -0.4 is 10.1 Å². The number of urea groups is 1. The average Bonchev–Trinajstić information content (AvgIpc) is 2.60. The monoisotopic (exact) mass is 314 g/mol. The second-order valence-electron chi connectivity index (χ2n) is 5.33. The first-order valence-corrected chi connectivity index (χ1v) is 7.52. The number of anilines is 1.